The number of ketones is 1. The van der Waals surface area contributed by atoms with E-state index in [1.165, 1.54) is 0 Å². The summed E-state index contributed by atoms with van der Waals surface area (Å²) in [5.41, 5.74) is 1.03. The van der Waals surface area contributed by atoms with Crippen LogP contribution in [-0.4, -0.2) is 69.0 Å². The van der Waals surface area contributed by atoms with Crippen LogP contribution in [-0.2, 0) is 33.2 Å². The molecule has 6 fully saturated rings. The number of rotatable bonds is 5. The second-order valence-corrected chi connectivity index (χ2v) is 14.3. The summed E-state index contributed by atoms with van der Waals surface area (Å²) >= 11 is 0. The SMILES string of the molecule is C=C1C[C@@H]2C(=C[C@H]3[C@@H]4C[C@H](O[C@@H]5OC6C(C)[C@H](OC)C(OC)[C@H]65)C[C@H]4[C@H]4O[C@H]4[C@H]32)C(=O)[C@H](C)CCCC[C@H](CC)O1. The number of epoxide rings is 1. The minimum absolute atomic E-state index is 0.00398. The molecule has 228 valence electrons. The van der Waals surface area contributed by atoms with E-state index in [2.05, 4.69) is 33.4 Å². The Bertz CT molecular complexity index is 1060. The number of Topliss-reactive ketones (excluding diaryl/α,β-unsaturated/α-hetero) is 1. The van der Waals surface area contributed by atoms with Gasteiger partial charge in [0.15, 0.2) is 12.1 Å². The van der Waals surface area contributed by atoms with Crippen molar-refractivity contribution in [3.63, 3.8) is 0 Å². The molecule has 0 N–H and O–H groups in total. The van der Waals surface area contributed by atoms with Crippen LogP contribution in [0, 0.1) is 47.3 Å². The molecule has 3 heterocycles. The minimum atomic E-state index is -0.240. The molecular formula is C34H50O7. The highest BCUT2D eigenvalue weighted by Crippen LogP contribution is 2.63. The highest BCUT2D eigenvalue weighted by molar-refractivity contribution is 5.98. The van der Waals surface area contributed by atoms with E-state index in [4.69, 9.17) is 28.4 Å². The molecule has 0 radical (unpaired) electrons. The Balaban J connectivity index is 1.09. The lowest BCUT2D eigenvalue weighted by molar-refractivity contribution is -0.324. The van der Waals surface area contributed by atoms with Gasteiger partial charge in [-0.1, -0.05) is 39.8 Å². The maximum Gasteiger partial charge on any atom is 0.166 e. The molecule has 0 aromatic rings. The van der Waals surface area contributed by atoms with Crippen LogP contribution in [0.4, 0.5) is 0 Å². The predicted octanol–water partition coefficient (Wildman–Crippen LogP) is 5.47. The minimum Gasteiger partial charge on any atom is -0.495 e. The van der Waals surface area contributed by atoms with Crippen molar-refractivity contribution in [3.8, 4) is 0 Å². The van der Waals surface area contributed by atoms with Gasteiger partial charge in [-0.15, -0.1) is 0 Å². The number of allylic oxidation sites excluding steroid dienone is 3. The van der Waals surface area contributed by atoms with E-state index in [1.807, 2.05) is 0 Å². The molecule has 0 aromatic carbocycles. The number of fused-ring (bicyclic) bond motifs is 9. The molecule has 0 bridgehead atoms. The molecule has 41 heavy (non-hydrogen) atoms. The summed E-state index contributed by atoms with van der Waals surface area (Å²) in [6, 6.07) is 0. The summed E-state index contributed by atoms with van der Waals surface area (Å²) < 4.78 is 37.5. The quantitative estimate of drug-likeness (QED) is 0.406. The Morgan fingerprint density at radius 1 is 0.951 bits per heavy atom. The zero-order chi connectivity index (χ0) is 28.6. The lowest BCUT2D eigenvalue weighted by atomic mass is 9.66. The predicted molar refractivity (Wildman–Crippen MR) is 153 cm³/mol. The van der Waals surface area contributed by atoms with E-state index in [9.17, 15) is 4.79 Å². The van der Waals surface area contributed by atoms with E-state index in [1.54, 1.807) is 14.2 Å². The average Bonchev–Trinajstić information content (AvgIpc) is 3.39. The molecule has 3 unspecified atom stereocenters. The molecule has 3 aliphatic heterocycles. The number of methoxy groups -OCH3 is 2. The number of carbonyl (C=O) groups is 1. The normalized spacial score (nSPS) is 52.5. The van der Waals surface area contributed by atoms with Crippen molar-refractivity contribution in [3.05, 3.63) is 24.0 Å². The molecule has 7 nitrogen and oxygen atoms in total. The largest absolute Gasteiger partial charge is 0.495 e. The van der Waals surface area contributed by atoms with Gasteiger partial charge in [0.25, 0.3) is 0 Å². The van der Waals surface area contributed by atoms with Crippen LogP contribution in [0.15, 0.2) is 24.0 Å². The Kier molecular flexibility index (Phi) is 7.67. The van der Waals surface area contributed by atoms with E-state index < -0.39 is 0 Å². The smallest absolute Gasteiger partial charge is 0.166 e. The van der Waals surface area contributed by atoms with Crippen molar-refractivity contribution >= 4 is 5.78 Å². The standard InChI is InChI=1S/C34H50O7/c1-7-19-11-9-8-10-16(2)28(35)24-15-23-21-13-20(39-34-27-29(41-34)18(4)30(36-5)32(27)37-6)14-25(21)31-33(40-31)26(23)22(24)12-17(3)38-19/h15-16,18-23,25-27,29-34H,3,7-14H2,1-2,4-6H3/t16-,18?,19+,20+,21+,22-,23+,25-,26+,27+,29?,30+,31-,32?,33+,34-/m1/s1. The van der Waals surface area contributed by atoms with Crippen LogP contribution < -0.4 is 0 Å². The zero-order valence-electron chi connectivity index (χ0n) is 25.5. The zero-order valence-corrected chi connectivity index (χ0v) is 25.5. The van der Waals surface area contributed by atoms with Crippen molar-refractivity contribution in [2.75, 3.05) is 14.2 Å². The van der Waals surface area contributed by atoms with Gasteiger partial charge in [0, 0.05) is 44.3 Å². The first-order valence-corrected chi connectivity index (χ1v) is 16.5. The molecular weight excluding hydrogens is 520 g/mol. The fraction of sp³-hybridized carbons (Fsp3) is 0.853. The number of hydrogen-bond acceptors (Lipinski definition) is 7. The molecule has 0 amide bonds. The molecule has 7 rings (SSSR count). The van der Waals surface area contributed by atoms with Gasteiger partial charge in [-0.3, -0.25) is 4.79 Å². The van der Waals surface area contributed by atoms with Gasteiger partial charge in [-0.25, -0.2) is 0 Å². The molecule has 16 atom stereocenters. The fourth-order valence-electron chi connectivity index (χ4n) is 10.0. The topological polar surface area (TPSA) is 75.8 Å². The van der Waals surface area contributed by atoms with Crippen LogP contribution >= 0.6 is 0 Å². The molecule has 0 spiro atoms. The van der Waals surface area contributed by atoms with Crippen LogP contribution in [0.25, 0.3) is 0 Å². The van der Waals surface area contributed by atoms with Gasteiger partial charge in [0.05, 0.1) is 54.4 Å². The molecule has 4 aliphatic carbocycles. The third kappa shape index (κ3) is 4.68. The Morgan fingerprint density at radius 3 is 2.46 bits per heavy atom. The van der Waals surface area contributed by atoms with Crippen LogP contribution in [0.5, 0.6) is 0 Å². The number of ether oxygens (including phenoxy) is 6. The third-order valence-corrected chi connectivity index (χ3v) is 12.1. The number of carbonyl (C=O) groups excluding carboxylic acids is 1. The van der Waals surface area contributed by atoms with Gasteiger partial charge in [-0.2, -0.15) is 0 Å². The maximum atomic E-state index is 13.9. The Morgan fingerprint density at radius 2 is 1.71 bits per heavy atom. The van der Waals surface area contributed by atoms with Crippen molar-refractivity contribution in [1.29, 1.82) is 0 Å². The first kappa shape index (κ1) is 28.5. The van der Waals surface area contributed by atoms with Crippen LogP contribution in [0.3, 0.4) is 0 Å². The summed E-state index contributed by atoms with van der Waals surface area (Å²) in [5, 5.41) is 0. The molecule has 7 aliphatic rings. The van der Waals surface area contributed by atoms with Gasteiger partial charge in [0.1, 0.15) is 0 Å². The first-order chi connectivity index (χ1) is 19.8. The maximum absolute atomic E-state index is 13.9. The van der Waals surface area contributed by atoms with E-state index >= 15 is 0 Å². The van der Waals surface area contributed by atoms with Gasteiger partial charge in [0.2, 0.25) is 0 Å². The van der Waals surface area contributed by atoms with Crippen LogP contribution in [0.1, 0.15) is 72.1 Å². The number of hydrogen-bond donors (Lipinski definition) is 0. The van der Waals surface area contributed by atoms with Crippen molar-refractivity contribution in [2.45, 2.75) is 121 Å². The van der Waals surface area contributed by atoms with Gasteiger partial charge in [-0.05, 0) is 61.9 Å². The summed E-state index contributed by atoms with van der Waals surface area (Å²) in [5.74, 6) is 3.50. The Hall–Kier alpha value is -1.25. The summed E-state index contributed by atoms with van der Waals surface area (Å²) in [7, 11) is 3.53. The third-order valence-electron chi connectivity index (χ3n) is 12.1. The summed E-state index contributed by atoms with van der Waals surface area (Å²) in [6.45, 7) is 10.9. The average molecular weight is 571 g/mol. The lowest BCUT2D eigenvalue weighted by Crippen LogP contribution is -2.54. The van der Waals surface area contributed by atoms with E-state index in [0.29, 0.717) is 29.5 Å². The molecule has 0 aromatic heterocycles. The van der Waals surface area contributed by atoms with E-state index in [0.717, 1.165) is 62.7 Å². The monoisotopic (exact) mass is 570 g/mol. The second kappa shape index (κ2) is 11.0. The fourth-order valence-corrected chi connectivity index (χ4v) is 10.0. The second-order valence-electron chi connectivity index (χ2n) is 14.3. The van der Waals surface area contributed by atoms with Crippen molar-refractivity contribution in [2.24, 2.45) is 47.3 Å². The lowest BCUT2D eigenvalue weighted by Gasteiger charge is -2.44. The summed E-state index contributed by atoms with van der Waals surface area (Å²) in [4.78, 5) is 13.9. The highest BCUT2D eigenvalue weighted by atomic mass is 16.7. The molecule has 3 saturated carbocycles. The first-order valence-electron chi connectivity index (χ1n) is 16.5. The Labute approximate surface area is 245 Å². The molecule has 7 heteroatoms. The van der Waals surface area contributed by atoms with Gasteiger partial charge >= 0.3 is 0 Å². The van der Waals surface area contributed by atoms with Gasteiger partial charge < -0.3 is 28.4 Å². The van der Waals surface area contributed by atoms with E-state index in [-0.39, 0.29) is 72.7 Å². The molecule has 3 saturated heterocycles. The van der Waals surface area contributed by atoms with Crippen molar-refractivity contribution in [1.82, 2.24) is 0 Å². The highest BCUT2D eigenvalue weighted by Gasteiger charge is 2.67. The van der Waals surface area contributed by atoms with Crippen LogP contribution in [0.2, 0.25) is 0 Å². The van der Waals surface area contributed by atoms with Crippen molar-refractivity contribution < 1.29 is 33.2 Å². The summed E-state index contributed by atoms with van der Waals surface area (Å²) in [6.07, 6.45) is 11.0.